The first kappa shape index (κ1) is 18.5. The Morgan fingerprint density at radius 3 is 2.43 bits per heavy atom. The van der Waals surface area contributed by atoms with Crippen LogP contribution in [0.5, 0.6) is 0 Å². The summed E-state index contributed by atoms with van der Waals surface area (Å²) in [4.78, 5) is 4.28. The average Bonchev–Trinajstić information content (AvgIpc) is 3.11. The minimum atomic E-state index is 0.400. The Balaban J connectivity index is 1.42. The number of nitrogens with zero attached hydrogens (tertiary/aromatic N) is 1. The molecule has 0 aromatic heterocycles. The zero-order chi connectivity index (χ0) is 16.2. The summed E-state index contributed by atoms with van der Waals surface area (Å²) in [5.74, 6) is 1.90. The van der Waals surface area contributed by atoms with E-state index in [9.17, 15) is 0 Å². The van der Waals surface area contributed by atoms with Gasteiger partial charge < -0.3 is 20.1 Å². The van der Waals surface area contributed by atoms with Crippen LogP contribution in [0.1, 0.15) is 57.8 Å². The Labute approximate surface area is 141 Å². The molecule has 0 bridgehead atoms. The van der Waals surface area contributed by atoms with Gasteiger partial charge in [0, 0.05) is 40.0 Å². The van der Waals surface area contributed by atoms with Gasteiger partial charge in [-0.05, 0) is 38.0 Å². The molecular weight excluding hydrogens is 290 g/mol. The van der Waals surface area contributed by atoms with Gasteiger partial charge in [0.15, 0.2) is 5.96 Å². The minimum absolute atomic E-state index is 0.400. The highest BCUT2D eigenvalue weighted by Crippen LogP contribution is 2.28. The third-order valence-corrected chi connectivity index (χ3v) is 4.92. The maximum Gasteiger partial charge on any atom is 0.190 e. The largest absolute Gasteiger partial charge is 0.381 e. The molecule has 2 N–H and O–H groups in total. The third kappa shape index (κ3) is 8.02. The second-order valence-electron chi connectivity index (χ2n) is 6.75. The second-order valence-corrected chi connectivity index (χ2v) is 6.75. The molecule has 5 heteroatoms. The van der Waals surface area contributed by atoms with Gasteiger partial charge in [-0.15, -0.1) is 0 Å². The summed E-state index contributed by atoms with van der Waals surface area (Å²) in [6, 6.07) is 0. The van der Waals surface area contributed by atoms with E-state index in [4.69, 9.17) is 9.47 Å². The Morgan fingerprint density at radius 2 is 1.74 bits per heavy atom. The molecule has 1 saturated heterocycles. The van der Waals surface area contributed by atoms with E-state index in [1.807, 2.05) is 7.05 Å². The van der Waals surface area contributed by atoms with E-state index in [2.05, 4.69) is 15.6 Å². The molecule has 134 valence electrons. The van der Waals surface area contributed by atoms with Crippen molar-refractivity contribution >= 4 is 5.96 Å². The Hall–Kier alpha value is -0.810. The van der Waals surface area contributed by atoms with Crippen LogP contribution < -0.4 is 10.6 Å². The fourth-order valence-corrected chi connectivity index (χ4v) is 3.49. The van der Waals surface area contributed by atoms with Crippen LogP contribution in [0.15, 0.2) is 4.99 Å². The summed E-state index contributed by atoms with van der Waals surface area (Å²) >= 11 is 0. The van der Waals surface area contributed by atoms with Gasteiger partial charge in [-0.3, -0.25) is 4.99 Å². The smallest absolute Gasteiger partial charge is 0.190 e. The zero-order valence-corrected chi connectivity index (χ0v) is 14.8. The third-order valence-electron chi connectivity index (χ3n) is 4.92. The molecule has 1 saturated carbocycles. The lowest BCUT2D eigenvalue weighted by atomic mass is 10.0. The van der Waals surface area contributed by atoms with Crippen molar-refractivity contribution in [3.8, 4) is 0 Å². The molecule has 0 aromatic carbocycles. The number of ether oxygens (including phenoxy) is 2. The van der Waals surface area contributed by atoms with Crippen molar-refractivity contribution in [1.82, 2.24) is 10.6 Å². The maximum atomic E-state index is 5.87. The van der Waals surface area contributed by atoms with E-state index in [0.717, 1.165) is 64.1 Å². The number of rotatable bonds is 9. The molecule has 0 atom stereocenters. The van der Waals surface area contributed by atoms with Crippen molar-refractivity contribution < 1.29 is 9.47 Å². The van der Waals surface area contributed by atoms with Crippen LogP contribution in [0, 0.1) is 5.92 Å². The van der Waals surface area contributed by atoms with Crippen LogP contribution >= 0.6 is 0 Å². The standard InChI is InChI=1S/C18H35N3O2/c1-19-18(20-11-4-8-16-6-2-3-7-16)21-12-5-13-23-17-9-14-22-15-10-17/h16-17H,2-15H2,1H3,(H2,19,20,21). The Bertz CT molecular complexity index is 324. The highest BCUT2D eigenvalue weighted by molar-refractivity contribution is 5.79. The first-order chi connectivity index (χ1) is 11.4. The number of aliphatic imine (C=N–C) groups is 1. The summed E-state index contributed by atoms with van der Waals surface area (Å²) in [7, 11) is 1.84. The summed E-state index contributed by atoms with van der Waals surface area (Å²) in [5, 5.41) is 6.78. The van der Waals surface area contributed by atoms with E-state index in [1.54, 1.807) is 0 Å². The lowest BCUT2D eigenvalue weighted by molar-refractivity contribution is -0.0320. The van der Waals surface area contributed by atoms with Crippen molar-refractivity contribution in [2.24, 2.45) is 10.9 Å². The van der Waals surface area contributed by atoms with E-state index in [-0.39, 0.29) is 0 Å². The molecule has 2 fully saturated rings. The summed E-state index contributed by atoms with van der Waals surface area (Å²) < 4.78 is 11.2. The lowest BCUT2D eigenvalue weighted by Crippen LogP contribution is -2.38. The summed E-state index contributed by atoms with van der Waals surface area (Å²) in [6.45, 7) is 4.44. The van der Waals surface area contributed by atoms with Crippen LogP contribution in [-0.4, -0.2) is 52.0 Å². The van der Waals surface area contributed by atoms with Crippen molar-refractivity contribution in [3.05, 3.63) is 0 Å². The molecule has 0 spiro atoms. The van der Waals surface area contributed by atoms with Gasteiger partial charge in [-0.25, -0.2) is 0 Å². The van der Waals surface area contributed by atoms with E-state index < -0.39 is 0 Å². The average molecular weight is 325 g/mol. The Kier molecular flexibility index (Phi) is 9.41. The Morgan fingerprint density at radius 1 is 1.04 bits per heavy atom. The molecule has 1 aliphatic heterocycles. The molecule has 0 radical (unpaired) electrons. The zero-order valence-electron chi connectivity index (χ0n) is 14.8. The van der Waals surface area contributed by atoms with Crippen LogP contribution in [0.3, 0.4) is 0 Å². The fourth-order valence-electron chi connectivity index (χ4n) is 3.49. The first-order valence-corrected chi connectivity index (χ1v) is 9.52. The molecule has 0 aromatic rings. The molecule has 1 aliphatic carbocycles. The number of guanidine groups is 1. The topological polar surface area (TPSA) is 54.9 Å². The van der Waals surface area contributed by atoms with E-state index in [0.29, 0.717) is 6.10 Å². The SMILES string of the molecule is CN=C(NCCCOC1CCOCC1)NCCCC1CCCC1. The number of hydrogen-bond donors (Lipinski definition) is 2. The molecule has 1 heterocycles. The highest BCUT2D eigenvalue weighted by atomic mass is 16.5. The molecule has 23 heavy (non-hydrogen) atoms. The van der Waals surface area contributed by atoms with Crippen LogP contribution in [-0.2, 0) is 9.47 Å². The molecule has 2 aliphatic rings. The number of hydrogen-bond acceptors (Lipinski definition) is 3. The van der Waals surface area contributed by atoms with Crippen molar-refractivity contribution in [2.45, 2.75) is 63.9 Å². The van der Waals surface area contributed by atoms with Gasteiger partial charge in [0.25, 0.3) is 0 Å². The van der Waals surface area contributed by atoms with Crippen molar-refractivity contribution in [1.29, 1.82) is 0 Å². The van der Waals surface area contributed by atoms with Gasteiger partial charge in [0.2, 0.25) is 0 Å². The molecule has 5 nitrogen and oxygen atoms in total. The van der Waals surface area contributed by atoms with Crippen molar-refractivity contribution in [3.63, 3.8) is 0 Å². The van der Waals surface area contributed by atoms with Gasteiger partial charge >= 0.3 is 0 Å². The van der Waals surface area contributed by atoms with Gasteiger partial charge in [0.05, 0.1) is 6.10 Å². The number of nitrogens with one attached hydrogen (secondary N) is 2. The summed E-state index contributed by atoms with van der Waals surface area (Å²) in [6.07, 6.45) is 11.9. The van der Waals surface area contributed by atoms with Crippen LogP contribution in [0.4, 0.5) is 0 Å². The predicted octanol–water partition coefficient (Wildman–Crippen LogP) is 2.71. The van der Waals surface area contributed by atoms with Gasteiger partial charge in [-0.1, -0.05) is 25.7 Å². The molecule has 0 unspecified atom stereocenters. The predicted molar refractivity (Wildman–Crippen MR) is 95.0 cm³/mol. The lowest BCUT2D eigenvalue weighted by Gasteiger charge is -2.22. The summed E-state index contributed by atoms with van der Waals surface area (Å²) in [5.41, 5.74) is 0. The normalized spacial score (nSPS) is 20.8. The quantitative estimate of drug-likeness (QED) is 0.389. The van der Waals surface area contributed by atoms with Crippen molar-refractivity contribution in [2.75, 3.05) is 40.0 Å². The van der Waals surface area contributed by atoms with E-state index in [1.165, 1.54) is 38.5 Å². The highest BCUT2D eigenvalue weighted by Gasteiger charge is 2.14. The second kappa shape index (κ2) is 11.7. The molecular formula is C18H35N3O2. The molecule has 2 rings (SSSR count). The van der Waals surface area contributed by atoms with Crippen LogP contribution in [0.2, 0.25) is 0 Å². The van der Waals surface area contributed by atoms with Gasteiger partial charge in [0.1, 0.15) is 0 Å². The monoisotopic (exact) mass is 325 g/mol. The van der Waals surface area contributed by atoms with Gasteiger partial charge in [-0.2, -0.15) is 0 Å². The van der Waals surface area contributed by atoms with E-state index >= 15 is 0 Å². The first-order valence-electron chi connectivity index (χ1n) is 9.52. The molecule has 0 amide bonds. The maximum absolute atomic E-state index is 5.87. The van der Waals surface area contributed by atoms with Crippen LogP contribution in [0.25, 0.3) is 0 Å². The fraction of sp³-hybridized carbons (Fsp3) is 0.944. The minimum Gasteiger partial charge on any atom is -0.381 e.